The van der Waals surface area contributed by atoms with Gasteiger partial charge in [0.05, 0.1) is 7.11 Å². The van der Waals surface area contributed by atoms with Gasteiger partial charge >= 0.3 is 0 Å². The minimum absolute atomic E-state index is 0.315. The molecule has 3 aromatic rings. The highest BCUT2D eigenvalue weighted by atomic mass is 35.5. The third kappa shape index (κ3) is 3.39. The van der Waals surface area contributed by atoms with Crippen molar-refractivity contribution < 1.29 is 9.13 Å². The number of hydrogen-bond acceptors (Lipinski definition) is 4. The molecule has 0 amide bonds. The third-order valence-corrected chi connectivity index (χ3v) is 4.97. The molecule has 4 nitrogen and oxygen atoms in total. The number of methoxy groups -OCH3 is 1. The van der Waals surface area contributed by atoms with Crippen LogP contribution in [0.2, 0.25) is 5.02 Å². The second-order valence-electron chi connectivity index (χ2n) is 5.09. The van der Waals surface area contributed by atoms with Crippen molar-refractivity contribution in [2.24, 2.45) is 7.05 Å². The van der Waals surface area contributed by atoms with Crippen LogP contribution in [0.25, 0.3) is 11.4 Å². The van der Waals surface area contributed by atoms with Gasteiger partial charge in [-0.1, -0.05) is 41.6 Å². The van der Waals surface area contributed by atoms with Gasteiger partial charge in [0, 0.05) is 29.0 Å². The van der Waals surface area contributed by atoms with Crippen molar-refractivity contribution in [2.75, 3.05) is 7.11 Å². The zero-order chi connectivity index (χ0) is 17.1. The summed E-state index contributed by atoms with van der Waals surface area (Å²) in [7, 11) is 3.50. The van der Waals surface area contributed by atoms with Crippen LogP contribution in [-0.4, -0.2) is 21.9 Å². The molecular weight excluding hydrogens is 349 g/mol. The number of thioether (sulfide) groups is 1. The van der Waals surface area contributed by atoms with Crippen molar-refractivity contribution in [2.45, 2.75) is 10.9 Å². The number of nitrogens with zero attached hydrogens (tertiary/aromatic N) is 3. The zero-order valence-corrected chi connectivity index (χ0v) is 14.7. The molecule has 7 heteroatoms. The normalized spacial score (nSPS) is 10.8. The Bertz CT molecular complexity index is 849. The van der Waals surface area contributed by atoms with Crippen molar-refractivity contribution in [3.05, 3.63) is 58.9 Å². The lowest BCUT2D eigenvalue weighted by Crippen LogP contribution is -1.96. The minimum atomic E-state index is -0.315. The number of halogens is 2. The summed E-state index contributed by atoms with van der Waals surface area (Å²) >= 11 is 7.45. The molecule has 0 aliphatic rings. The maximum atomic E-state index is 13.9. The number of aromatic nitrogens is 3. The quantitative estimate of drug-likeness (QED) is 0.622. The van der Waals surface area contributed by atoms with Gasteiger partial charge in [0.2, 0.25) is 0 Å². The Kier molecular flexibility index (Phi) is 5.06. The maximum absolute atomic E-state index is 13.9. The predicted molar refractivity (Wildman–Crippen MR) is 94.0 cm³/mol. The number of benzene rings is 2. The summed E-state index contributed by atoms with van der Waals surface area (Å²) in [6.07, 6.45) is 0. The predicted octanol–water partition coefficient (Wildman–Crippen LogP) is 4.58. The van der Waals surface area contributed by atoms with E-state index in [0.29, 0.717) is 21.5 Å². The van der Waals surface area contributed by atoms with Gasteiger partial charge in [0.1, 0.15) is 11.6 Å². The van der Waals surface area contributed by atoms with Gasteiger partial charge < -0.3 is 9.30 Å². The summed E-state index contributed by atoms with van der Waals surface area (Å²) in [6.45, 7) is 0. The second-order valence-corrected chi connectivity index (χ2v) is 6.44. The molecule has 0 saturated carbocycles. The summed E-state index contributed by atoms with van der Waals surface area (Å²) < 4.78 is 21.0. The first-order valence-electron chi connectivity index (χ1n) is 7.19. The summed E-state index contributed by atoms with van der Waals surface area (Å²) in [4.78, 5) is 0. The molecule has 0 bridgehead atoms. The molecule has 124 valence electrons. The fourth-order valence-electron chi connectivity index (χ4n) is 2.26. The van der Waals surface area contributed by atoms with E-state index < -0.39 is 0 Å². The maximum Gasteiger partial charge on any atom is 0.191 e. The van der Waals surface area contributed by atoms with Crippen LogP contribution >= 0.6 is 23.4 Å². The highest BCUT2D eigenvalue weighted by Crippen LogP contribution is 2.30. The average molecular weight is 364 g/mol. The molecule has 0 unspecified atom stereocenters. The summed E-state index contributed by atoms with van der Waals surface area (Å²) in [5, 5.41) is 9.52. The van der Waals surface area contributed by atoms with Gasteiger partial charge in [0.15, 0.2) is 11.0 Å². The Morgan fingerprint density at radius 2 is 2.00 bits per heavy atom. The van der Waals surface area contributed by atoms with Crippen LogP contribution in [0.3, 0.4) is 0 Å². The van der Waals surface area contributed by atoms with Crippen LogP contribution in [0.1, 0.15) is 5.56 Å². The van der Waals surface area contributed by atoms with Crippen molar-refractivity contribution in [1.82, 2.24) is 14.8 Å². The lowest BCUT2D eigenvalue weighted by atomic mass is 10.2. The smallest absolute Gasteiger partial charge is 0.191 e. The lowest BCUT2D eigenvalue weighted by molar-refractivity contribution is 0.415. The molecule has 24 heavy (non-hydrogen) atoms. The van der Waals surface area contributed by atoms with Gasteiger partial charge in [-0.05, 0) is 24.3 Å². The van der Waals surface area contributed by atoms with Crippen molar-refractivity contribution in [1.29, 1.82) is 0 Å². The van der Waals surface area contributed by atoms with Crippen LogP contribution in [0, 0.1) is 5.82 Å². The van der Waals surface area contributed by atoms with Gasteiger partial charge in [-0.25, -0.2) is 4.39 Å². The van der Waals surface area contributed by atoms with Crippen molar-refractivity contribution in [3.8, 4) is 17.1 Å². The van der Waals surface area contributed by atoms with Crippen molar-refractivity contribution in [3.63, 3.8) is 0 Å². The Morgan fingerprint density at radius 1 is 1.21 bits per heavy atom. The molecule has 0 radical (unpaired) electrons. The molecule has 0 aliphatic carbocycles. The Balaban J connectivity index is 1.82. The largest absolute Gasteiger partial charge is 0.497 e. The lowest BCUT2D eigenvalue weighted by Gasteiger charge is -2.07. The van der Waals surface area contributed by atoms with Gasteiger partial charge in [-0.15, -0.1) is 10.2 Å². The SMILES string of the molecule is COc1cccc(-c2nnc(SCc3c(F)cccc3Cl)n2C)c1. The van der Waals surface area contributed by atoms with Crippen LogP contribution in [0.15, 0.2) is 47.6 Å². The standard InChI is InChI=1S/C17H15ClFN3OS/c1-22-16(11-5-3-6-12(9-11)23-2)20-21-17(22)24-10-13-14(18)7-4-8-15(13)19/h3-9H,10H2,1-2H3. The van der Waals surface area contributed by atoms with Gasteiger partial charge in [-0.3, -0.25) is 0 Å². The highest BCUT2D eigenvalue weighted by molar-refractivity contribution is 7.98. The Morgan fingerprint density at radius 3 is 2.75 bits per heavy atom. The van der Waals surface area contributed by atoms with E-state index in [9.17, 15) is 4.39 Å². The van der Waals surface area contributed by atoms with Gasteiger partial charge in [0.25, 0.3) is 0 Å². The number of hydrogen-bond donors (Lipinski definition) is 0. The third-order valence-electron chi connectivity index (χ3n) is 3.57. The first-order valence-corrected chi connectivity index (χ1v) is 8.56. The summed E-state index contributed by atoms with van der Waals surface area (Å²) in [5.74, 6) is 1.54. The van der Waals surface area contributed by atoms with Crippen molar-refractivity contribution >= 4 is 23.4 Å². The highest BCUT2D eigenvalue weighted by Gasteiger charge is 2.14. The topological polar surface area (TPSA) is 39.9 Å². The molecule has 1 heterocycles. The number of rotatable bonds is 5. The number of ether oxygens (including phenoxy) is 1. The molecular formula is C17H15ClFN3OS. The second kappa shape index (κ2) is 7.23. The Hall–Kier alpha value is -2.05. The zero-order valence-electron chi connectivity index (χ0n) is 13.2. The van der Waals surface area contributed by atoms with E-state index in [4.69, 9.17) is 16.3 Å². The first kappa shape index (κ1) is 16.8. The molecule has 0 spiro atoms. The Labute approximate surface area is 148 Å². The van der Waals surface area contributed by atoms with E-state index in [1.807, 2.05) is 35.9 Å². The van der Waals surface area contributed by atoms with Crippen LogP contribution in [0.4, 0.5) is 4.39 Å². The van der Waals surface area contributed by atoms with E-state index in [2.05, 4.69) is 10.2 Å². The van der Waals surface area contributed by atoms with E-state index in [-0.39, 0.29) is 5.82 Å². The fraction of sp³-hybridized carbons (Fsp3) is 0.176. The molecule has 0 aliphatic heterocycles. The minimum Gasteiger partial charge on any atom is -0.497 e. The van der Waals surface area contributed by atoms with Crippen LogP contribution in [0.5, 0.6) is 5.75 Å². The summed E-state index contributed by atoms with van der Waals surface area (Å²) in [5.41, 5.74) is 1.37. The van der Waals surface area contributed by atoms with Crippen LogP contribution in [-0.2, 0) is 12.8 Å². The fourth-order valence-corrected chi connectivity index (χ4v) is 3.52. The average Bonchev–Trinajstić information content (AvgIpc) is 2.95. The monoisotopic (exact) mass is 363 g/mol. The van der Waals surface area contributed by atoms with E-state index >= 15 is 0 Å². The van der Waals surface area contributed by atoms with E-state index in [1.54, 1.807) is 19.2 Å². The summed E-state index contributed by atoms with van der Waals surface area (Å²) in [6, 6.07) is 12.3. The van der Waals surface area contributed by atoms with E-state index in [0.717, 1.165) is 17.1 Å². The molecule has 0 fully saturated rings. The molecule has 2 aromatic carbocycles. The van der Waals surface area contributed by atoms with Gasteiger partial charge in [-0.2, -0.15) is 0 Å². The van der Waals surface area contributed by atoms with E-state index in [1.165, 1.54) is 17.8 Å². The molecule has 0 atom stereocenters. The molecule has 1 aromatic heterocycles. The molecule has 0 saturated heterocycles. The first-order chi connectivity index (χ1) is 11.6. The van der Waals surface area contributed by atoms with Crippen LogP contribution < -0.4 is 4.74 Å². The molecule has 0 N–H and O–H groups in total. The molecule has 3 rings (SSSR count).